The first-order valence-corrected chi connectivity index (χ1v) is 7.75. The second-order valence-corrected chi connectivity index (χ2v) is 5.43. The molecule has 0 heterocycles. The largest absolute Gasteiger partial charge is 0.494 e. The second kappa shape index (κ2) is 7.84. The van der Waals surface area contributed by atoms with Crippen molar-refractivity contribution in [1.29, 1.82) is 0 Å². The third-order valence-corrected chi connectivity index (χ3v) is 3.25. The van der Waals surface area contributed by atoms with Crippen molar-refractivity contribution in [1.82, 2.24) is 16.2 Å². The molecule has 0 aromatic heterocycles. The Kier molecular flexibility index (Phi) is 5.83. The Labute approximate surface area is 135 Å². The van der Waals surface area contributed by atoms with Gasteiger partial charge in [0.05, 0.1) is 6.61 Å². The summed E-state index contributed by atoms with van der Waals surface area (Å²) in [6.45, 7) is 4.21. The molecule has 1 fully saturated rings. The SMILES string of the molecule is CCOc1ccc(O[C@@H](C)C(=O)NNC(=S)NC2CC2)cc1. The molecule has 6 nitrogen and oxygen atoms in total. The Balaban J connectivity index is 1.73. The minimum atomic E-state index is -0.644. The van der Waals surface area contributed by atoms with Gasteiger partial charge < -0.3 is 14.8 Å². The molecule has 0 radical (unpaired) electrons. The highest BCUT2D eigenvalue weighted by Crippen LogP contribution is 2.19. The molecular formula is C15H21N3O3S. The molecule has 1 atom stereocenters. The van der Waals surface area contributed by atoms with Crippen LogP contribution in [0.15, 0.2) is 24.3 Å². The van der Waals surface area contributed by atoms with Crippen LogP contribution < -0.4 is 25.6 Å². The molecule has 3 N–H and O–H groups in total. The standard InChI is InChI=1S/C15H21N3O3S/c1-3-20-12-6-8-13(9-7-12)21-10(2)14(19)17-18-15(22)16-11-4-5-11/h6-11H,3-5H2,1-2H3,(H,17,19)(H2,16,18,22)/t10-/m0/s1. The van der Waals surface area contributed by atoms with E-state index < -0.39 is 6.10 Å². The Bertz CT molecular complexity index is 517. The van der Waals surface area contributed by atoms with Gasteiger partial charge in [-0.1, -0.05) is 0 Å². The third kappa shape index (κ3) is 5.40. The van der Waals surface area contributed by atoms with Crippen molar-refractivity contribution in [2.24, 2.45) is 0 Å². The highest BCUT2D eigenvalue weighted by atomic mass is 32.1. The molecule has 7 heteroatoms. The molecule has 0 unspecified atom stereocenters. The number of hydrogen-bond acceptors (Lipinski definition) is 4. The van der Waals surface area contributed by atoms with E-state index in [4.69, 9.17) is 21.7 Å². The van der Waals surface area contributed by atoms with Gasteiger partial charge in [-0.15, -0.1) is 0 Å². The highest BCUT2D eigenvalue weighted by Gasteiger charge is 2.22. The van der Waals surface area contributed by atoms with E-state index >= 15 is 0 Å². The molecule has 2 rings (SSSR count). The van der Waals surface area contributed by atoms with Crippen LogP contribution in [0.2, 0.25) is 0 Å². The first-order chi connectivity index (χ1) is 10.6. The van der Waals surface area contributed by atoms with E-state index in [0.717, 1.165) is 18.6 Å². The molecule has 1 aliphatic carbocycles. The maximum absolute atomic E-state index is 11.9. The fraction of sp³-hybridized carbons (Fsp3) is 0.467. The average Bonchev–Trinajstić information content (AvgIpc) is 3.31. The quantitative estimate of drug-likeness (QED) is 0.544. The van der Waals surface area contributed by atoms with Crippen LogP contribution in [0.1, 0.15) is 26.7 Å². The van der Waals surface area contributed by atoms with Crippen LogP contribution in [0.4, 0.5) is 0 Å². The van der Waals surface area contributed by atoms with Gasteiger partial charge in [-0.05, 0) is 63.2 Å². The molecule has 0 aliphatic heterocycles. The lowest BCUT2D eigenvalue weighted by atomic mass is 10.3. The smallest absolute Gasteiger partial charge is 0.279 e. The molecule has 120 valence electrons. The van der Waals surface area contributed by atoms with E-state index in [1.54, 1.807) is 31.2 Å². The molecule has 1 aromatic carbocycles. The zero-order valence-electron chi connectivity index (χ0n) is 12.7. The van der Waals surface area contributed by atoms with Gasteiger partial charge in [-0.2, -0.15) is 0 Å². The Morgan fingerprint density at radius 3 is 2.50 bits per heavy atom. The first-order valence-electron chi connectivity index (χ1n) is 7.34. The van der Waals surface area contributed by atoms with Gasteiger partial charge in [0.15, 0.2) is 11.2 Å². The van der Waals surface area contributed by atoms with E-state index in [0.29, 0.717) is 23.5 Å². The van der Waals surface area contributed by atoms with Crippen LogP contribution in [-0.2, 0) is 4.79 Å². The maximum Gasteiger partial charge on any atom is 0.279 e. The van der Waals surface area contributed by atoms with Crippen molar-refractivity contribution in [2.75, 3.05) is 6.61 Å². The summed E-state index contributed by atoms with van der Waals surface area (Å²) in [4.78, 5) is 11.9. The van der Waals surface area contributed by atoms with Crippen LogP contribution in [0.5, 0.6) is 11.5 Å². The number of ether oxygens (including phenoxy) is 2. The third-order valence-electron chi connectivity index (χ3n) is 3.03. The number of hydrazine groups is 1. The van der Waals surface area contributed by atoms with Gasteiger partial charge in [0.2, 0.25) is 0 Å². The van der Waals surface area contributed by atoms with Crippen molar-refractivity contribution in [3.63, 3.8) is 0 Å². The summed E-state index contributed by atoms with van der Waals surface area (Å²) >= 11 is 5.05. The average molecular weight is 323 g/mol. The maximum atomic E-state index is 11.9. The second-order valence-electron chi connectivity index (χ2n) is 5.03. The highest BCUT2D eigenvalue weighted by molar-refractivity contribution is 7.80. The molecule has 22 heavy (non-hydrogen) atoms. The summed E-state index contributed by atoms with van der Waals surface area (Å²) in [6, 6.07) is 7.57. The molecule has 1 amide bonds. The zero-order valence-corrected chi connectivity index (χ0v) is 13.5. The topological polar surface area (TPSA) is 71.6 Å². The van der Waals surface area contributed by atoms with Crippen molar-refractivity contribution in [2.45, 2.75) is 38.8 Å². The van der Waals surface area contributed by atoms with E-state index in [1.807, 2.05) is 6.92 Å². The minimum Gasteiger partial charge on any atom is -0.494 e. The predicted octanol–water partition coefficient (Wildman–Crippen LogP) is 1.51. The summed E-state index contributed by atoms with van der Waals surface area (Å²) < 4.78 is 10.9. The summed E-state index contributed by atoms with van der Waals surface area (Å²) in [6.07, 6.45) is 1.59. The van der Waals surface area contributed by atoms with E-state index in [9.17, 15) is 4.79 Å². The molecule has 0 bridgehead atoms. The Hall–Kier alpha value is -2.02. The van der Waals surface area contributed by atoms with Gasteiger partial charge in [-0.3, -0.25) is 15.6 Å². The van der Waals surface area contributed by atoms with Crippen LogP contribution in [0, 0.1) is 0 Å². The van der Waals surface area contributed by atoms with Gasteiger partial charge in [0.25, 0.3) is 5.91 Å². The molecule has 0 saturated heterocycles. The lowest BCUT2D eigenvalue weighted by Gasteiger charge is -2.16. The number of rotatable bonds is 6. The van der Waals surface area contributed by atoms with Crippen molar-refractivity contribution in [3.05, 3.63) is 24.3 Å². The molecule has 1 aromatic rings. The fourth-order valence-corrected chi connectivity index (χ4v) is 1.93. The van der Waals surface area contributed by atoms with E-state index in [1.165, 1.54) is 0 Å². The molecule has 1 aliphatic rings. The van der Waals surface area contributed by atoms with Crippen molar-refractivity contribution >= 4 is 23.2 Å². The van der Waals surface area contributed by atoms with Crippen LogP contribution in [0.3, 0.4) is 0 Å². The van der Waals surface area contributed by atoms with Gasteiger partial charge in [-0.25, -0.2) is 0 Å². The summed E-state index contributed by atoms with van der Waals surface area (Å²) in [5.74, 6) is 1.07. The number of benzene rings is 1. The van der Waals surface area contributed by atoms with Gasteiger partial charge in [0, 0.05) is 6.04 Å². The Morgan fingerprint density at radius 1 is 1.27 bits per heavy atom. The predicted molar refractivity (Wildman–Crippen MR) is 87.7 cm³/mol. The van der Waals surface area contributed by atoms with E-state index in [2.05, 4.69) is 16.2 Å². The van der Waals surface area contributed by atoms with Crippen molar-refractivity contribution < 1.29 is 14.3 Å². The zero-order chi connectivity index (χ0) is 15.9. The normalized spacial score (nSPS) is 14.6. The van der Waals surface area contributed by atoms with Gasteiger partial charge in [0.1, 0.15) is 11.5 Å². The summed E-state index contributed by atoms with van der Waals surface area (Å²) in [5, 5.41) is 3.49. The number of hydrogen-bond donors (Lipinski definition) is 3. The Morgan fingerprint density at radius 2 is 1.91 bits per heavy atom. The monoisotopic (exact) mass is 323 g/mol. The summed E-state index contributed by atoms with van der Waals surface area (Å²) in [5.41, 5.74) is 5.19. The fourth-order valence-electron chi connectivity index (χ4n) is 1.71. The van der Waals surface area contributed by atoms with Crippen LogP contribution in [0.25, 0.3) is 0 Å². The number of thiocarbonyl (C=S) groups is 1. The van der Waals surface area contributed by atoms with Crippen LogP contribution in [-0.4, -0.2) is 29.8 Å². The van der Waals surface area contributed by atoms with Gasteiger partial charge >= 0.3 is 0 Å². The minimum absolute atomic E-state index is 0.297. The molecule has 0 spiro atoms. The summed E-state index contributed by atoms with van der Waals surface area (Å²) in [7, 11) is 0. The number of amides is 1. The lowest BCUT2D eigenvalue weighted by Crippen LogP contribution is -2.50. The number of carbonyl (C=O) groups is 1. The first kappa shape index (κ1) is 16.4. The molecule has 1 saturated carbocycles. The lowest BCUT2D eigenvalue weighted by molar-refractivity contribution is -0.127. The van der Waals surface area contributed by atoms with E-state index in [-0.39, 0.29) is 5.91 Å². The molecular weight excluding hydrogens is 302 g/mol. The number of nitrogens with one attached hydrogen (secondary N) is 3. The van der Waals surface area contributed by atoms with Crippen LogP contribution >= 0.6 is 12.2 Å². The van der Waals surface area contributed by atoms with Crippen molar-refractivity contribution in [3.8, 4) is 11.5 Å². The number of carbonyl (C=O) groups excluding carboxylic acids is 1.